The molecule has 0 spiro atoms. The van der Waals surface area contributed by atoms with Gasteiger partial charge < -0.3 is 0 Å². The van der Waals surface area contributed by atoms with E-state index in [0.29, 0.717) is 31.2 Å². The summed E-state index contributed by atoms with van der Waals surface area (Å²) < 4.78 is 115. The van der Waals surface area contributed by atoms with E-state index in [1.807, 2.05) is 0 Å². The van der Waals surface area contributed by atoms with Crippen molar-refractivity contribution < 1.29 is 39.5 Å². The van der Waals surface area contributed by atoms with Gasteiger partial charge in [0, 0.05) is 0 Å². The lowest BCUT2D eigenvalue weighted by Gasteiger charge is -2.20. The van der Waals surface area contributed by atoms with Gasteiger partial charge in [0.1, 0.15) is 0 Å². The van der Waals surface area contributed by atoms with Crippen LogP contribution < -0.4 is 0 Å². The van der Waals surface area contributed by atoms with Crippen LogP contribution in [0.25, 0.3) is 10.8 Å². The van der Waals surface area contributed by atoms with E-state index < -0.39 is 46.5 Å². The molecule has 0 fully saturated rings. The molecule has 0 nitrogen and oxygen atoms in total. The van der Waals surface area contributed by atoms with Crippen LogP contribution in [0.15, 0.2) is 30.3 Å². The van der Waals surface area contributed by atoms with E-state index in [-0.39, 0.29) is 5.39 Å². The van der Waals surface area contributed by atoms with Gasteiger partial charge in [-0.05, 0) is 47.5 Å². The van der Waals surface area contributed by atoms with Crippen molar-refractivity contribution >= 4 is 10.8 Å². The highest BCUT2D eigenvalue weighted by Crippen LogP contribution is 2.42. The second-order valence-corrected chi connectivity index (χ2v) is 5.26. The molecule has 24 heavy (non-hydrogen) atoms. The van der Waals surface area contributed by atoms with Gasteiger partial charge in [-0.3, -0.25) is 0 Å². The fourth-order valence-electron chi connectivity index (χ4n) is 2.27. The van der Waals surface area contributed by atoms with Gasteiger partial charge in [-0.1, -0.05) is 6.07 Å². The number of hydrogen-bond donors (Lipinski definition) is 0. The summed E-state index contributed by atoms with van der Waals surface area (Å²) in [5.74, 6) is -2.26. The summed E-state index contributed by atoms with van der Waals surface area (Å²) in [6, 6.07) is 2.46. The van der Waals surface area contributed by atoms with Crippen LogP contribution in [0.2, 0.25) is 0 Å². The van der Waals surface area contributed by atoms with Crippen molar-refractivity contribution in [3.05, 3.63) is 47.0 Å². The predicted molar refractivity (Wildman–Crippen MR) is 68.4 cm³/mol. The number of benzene rings is 2. The van der Waals surface area contributed by atoms with Crippen LogP contribution in [0.3, 0.4) is 0 Å². The van der Waals surface area contributed by atoms with Crippen molar-refractivity contribution in [1.82, 2.24) is 0 Å². The Balaban J connectivity index is 2.80. The van der Waals surface area contributed by atoms with Crippen LogP contribution >= 0.6 is 0 Å². The fraction of sp³-hybridized carbons (Fsp3) is 0.333. The van der Waals surface area contributed by atoms with Gasteiger partial charge in [0.15, 0.2) is 0 Å². The van der Waals surface area contributed by atoms with Gasteiger partial charge in [0.05, 0.1) is 17.0 Å². The van der Waals surface area contributed by atoms with E-state index in [1.54, 1.807) is 0 Å². The lowest BCUT2D eigenvalue weighted by atomic mass is 9.91. The van der Waals surface area contributed by atoms with Crippen molar-refractivity contribution in [2.24, 2.45) is 0 Å². The zero-order valence-corrected chi connectivity index (χ0v) is 11.9. The Hall–Kier alpha value is -1.93. The first-order valence-corrected chi connectivity index (χ1v) is 6.50. The quantitative estimate of drug-likeness (QED) is 0.506. The van der Waals surface area contributed by atoms with Crippen molar-refractivity contribution in [2.45, 2.75) is 31.4 Å². The first kappa shape index (κ1) is 18.4. The van der Waals surface area contributed by atoms with E-state index >= 15 is 0 Å². The number of fused-ring (bicyclic) bond motifs is 1. The Morgan fingerprint density at radius 1 is 0.708 bits per heavy atom. The third kappa shape index (κ3) is 3.59. The summed E-state index contributed by atoms with van der Waals surface area (Å²) in [6.45, 7) is 0.659. The summed E-state index contributed by atoms with van der Waals surface area (Å²) in [5.41, 5.74) is -3.39. The highest BCUT2D eigenvalue weighted by atomic mass is 19.4. The molecule has 0 radical (unpaired) electrons. The zero-order valence-electron chi connectivity index (χ0n) is 11.9. The normalized spacial score (nSPS) is 14.9. The molecule has 0 heterocycles. The topological polar surface area (TPSA) is 0 Å². The number of halogens is 9. The minimum atomic E-state index is -4.98. The monoisotopic (exact) mass is 360 g/mol. The summed E-state index contributed by atoms with van der Waals surface area (Å²) in [6.07, 6.45) is -14.6. The maximum absolute atomic E-state index is 12.9. The van der Waals surface area contributed by atoms with Gasteiger partial charge in [-0.15, -0.1) is 0 Å². The van der Waals surface area contributed by atoms with Gasteiger partial charge in [0.25, 0.3) is 0 Å². The molecule has 0 aliphatic rings. The SMILES string of the molecule is CC(c1cc(C(F)(F)F)cc2cc(C(F)(F)F)ccc12)C(F)(F)F. The van der Waals surface area contributed by atoms with Crippen molar-refractivity contribution in [3.8, 4) is 0 Å². The predicted octanol–water partition coefficient (Wildman–Crippen LogP) is 6.54. The molecule has 9 heteroatoms. The summed E-state index contributed by atoms with van der Waals surface area (Å²) in [4.78, 5) is 0. The van der Waals surface area contributed by atoms with E-state index in [2.05, 4.69) is 0 Å². The van der Waals surface area contributed by atoms with Gasteiger partial charge in [0.2, 0.25) is 0 Å². The first-order valence-electron chi connectivity index (χ1n) is 6.50. The molecule has 0 aliphatic carbocycles. The molecular formula is C15H9F9. The molecular weight excluding hydrogens is 351 g/mol. The van der Waals surface area contributed by atoms with Crippen LogP contribution in [-0.2, 0) is 12.4 Å². The van der Waals surface area contributed by atoms with Crippen molar-refractivity contribution in [3.63, 3.8) is 0 Å². The third-order valence-electron chi connectivity index (χ3n) is 3.60. The highest BCUT2D eigenvalue weighted by Gasteiger charge is 2.40. The molecule has 0 saturated heterocycles. The van der Waals surface area contributed by atoms with Crippen LogP contribution in [0, 0.1) is 0 Å². The molecule has 0 bridgehead atoms. The van der Waals surface area contributed by atoms with Crippen LogP contribution in [0.5, 0.6) is 0 Å². The van der Waals surface area contributed by atoms with E-state index in [9.17, 15) is 39.5 Å². The average Bonchev–Trinajstić information content (AvgIpc) is 2.41. The minimum absolute atomic E-state index is 0.305. The maximum Gasteiger partial charge on any atom is 0.416 e. The minimum Gasteiger partial charge on any atom is -0.170 e. The second-order valence-electron chi connectivity index (χ2n) is 5.26. The molecule has 0 N–H and O–H groups in total. The zero-order chi connectivity index (χ0) is 18.5. The van der Waals surface area contributed by atoms with E-state index in [1.165, 1.54) is 0 Å². The molecule has 1 atom stereocenters. The Bertz CT molecular complexity index is 745. The molecule has 2 aromatic rings. The molecule has 0 saturated carbocycles. The van der Waals surface area contributed by atoms with Gasteiger partial charge in [-0.25, -0.2) is 0 Å². The number of rotatable bonds is 1. The Labute approximate surface area is 129 Å². The fourth-order valence-corrected chi connectivity index (χ4v) is 2.27. The number of hydrogen-bond acceptors (Lipinski definition) is 0. The van der Waals surface area contributed by atoms with Gasteiger partial charge in [-0.2, -0.15) is 39.5 Å². The largest absolute Gasteiger partial charge is 0.416 e. The van der Waals surface area contributed by atoms with Crippen molar-refractivity contribution in [2.75, 3.05) is 0 Å². The average molecular weight is 360 g/mol. The Morgan fingerprint density at radius 2 is 1.21 bits per heavy atom. The standard InChI is InChI=1S/C15H9F9/c1-7(13(16,17)18)12-6-10(15(22,23)24)5-8-4-9(14(19,20)21)2-3-11(8)12/h2-7H,1H3. The maximum atomic E-state index is 12.9. The van der Waals surface area contributed by atoms with E-state index in [0.717, 1.165) is 6.07 Å². The summed E-state index contributed by atoms with van der Waals surface area (Å²) in [7, 11) is 0. The van der Waals surface area contributed by atoms with Crippen molar-refractivity contribution in [1.29, 1.82) is 0 Å². The van der Waals surface area contributed by atoms with Gasteiger partial charge >= 0.3 is 18.5 Å². The summed E-state index contributed by atoms with van der Waals surface area (Å²) >= 11 is 0. The first-order chi connectivity index (χ1) is 10.7. The molecule has 0 aromatic heterocycles. The molecule has 2 rings (SSSR count). The molecule has 2 aromatic carbocycles. The molecule has 0 amide bonds. The molecule has 1 unspecified atom stereocenters. The Kier molecular flexibility index (Phi) is 4.26. The lowest BCUT2D eigenvalue weighted by molar-refractivity contribution is -0.147. The highest BCUT2D eigenvalue weighted by molar-refractivity contribution is 5.88. The molecule has 0 aliphatic heterocycles. The van der Waals surface area contributed by atoms with Crippen LogP contribution in [0.4, 0.5) is 39.5 Å². The number of alkyl halides is 9. The van der Waals surface area contributed by atoms with Crippen LogP contribution in [-0.4, -0.2) is 6.18 Å². The second kappa shape index (κ2) is 5.56. The smallest absolute Gasteiger partial charge is 0.170 e. The Morgan fingerprint density at radius 3 is 1.67 bits per heavy atom. The summed E-state index contributed by atoms with van der Waals surface area (Å²) in [5, 5.41) is -0.855. The molecule has 132 valence electrons. The lowest BCUT2D eigenvalue weighted by Crippen LogP contribution is -2.19. The van der Waals surface area contributed by atoms with Crippen LogP contribution in [0.1, 0.15) is 29.5 Å². The van der Waals surface area contributed by atoms with E-state index in [4.69, 9.17) is 0 Å². The third-order valence-corrected chi connectivity index (χ3v) is 3.60.